The molecule has 0 unspecified atom stereocenters. The Bertz CT molecular complexity index is 844. The Hall–Kier alpha value is -2.19. The second kappa shape index (κ2) is 6.74. The molecule has 8 heteroatoms. The van der Waals surface area contributed by atoms with Gasteiger partial charge in [0.1, 0.15) is 0 Å². The van der Waals surface area contributed by atoms with Crippen molar-refractivity contribution in [2.75, 3.05) is 0 Å². The minimum Gasteiger partial charge on any atom is -0.295 e. The SMILES string of the molecule is CC(=O)c1ccc(S(=O)(=O)NCc2cccc(C(F)(F)F)c2)cc1. The third-order valence-electron chi connectivity index (χ3n) is 3.29. The Morgan fingerprint density at radius 1 is 1.08 bits per heavy atom. The van der Waals surface area contributed by atoms with Gasteiger partial charge in [0, 0.05) is 12.1 Å². The van der Waals surface area contributed by atoms with Crippen LogP contribution in [0.25, 0.3) is 0 Å². The molecule has 0 aliphatic carbocycles. The maximum atomic E-state index is 12.6. The number of carbonyl (C=O) groups is 1. The fraction of sp³-hybridized carbons (Fsp3) is 0.188. The summed E-state index contributed by atoms with van der Waals surface area (Å²) >= 11 is 0. The van der Waals surface area contributed by atoms with E-state index < -0.39 is 21.8 Å². The van der Waals surface area contributed by atoms with Gasteiger partial charge in [-0.25, -0.2) is 13.1 Å². The zero-order chi connectivity index (χ0) is 18.0. The van der Waals surface area contributed by atoms with Crippen LogP contribution in [-0.4, -0.2) is 14.2 Å². The molecule has 0 aromatic heterocycles. The van der Waals surface area contributed by atoms with E-state index in [2.05, 4.69) is 4.72 Å². The van der Waals surface area contributed by atoms with Gasteiger partial charge in [0.25, 0.3) is 0 Å². The summed E-state index contributed by atoms with van der Waals surface area (Å²) in [5.41, 5.74) is -0.286. The molecule has 0 saturated carbocycles. The van der Waals surface area contributed by atoms with E-state index in [1.165, 1.54) is 43.3 Å². The van der Waals surface area contributed by atoms with Crippen molar-refractivity contribution >= 4 is 15.8 Å². The molecule has 0 spiro atoms. The van der Waals surface area contributed by atoms with E-state index in [4.69, 9.17) is 0 Å². The van der Waals surface area contributed by atoms with Crippen molar-refractivity contribution in [2.24, 2.45) is 0 Å². The Balaban J connectivity index is 2.14. The van der Waals surface area contributed by atoms with E-state index in [1.807, 2.05) is 0 Å². The van der Waals surface area contributed by atoms with Crippen LogP contribution in [0, 0.1) is 0 Å². The lowest BCUT2D eigenvalue weighted by molar-refractivity contribution is -0.137. The Morgan fingerprint density at radius 3 is 2.25 bits per heavy atom. The molecule has 0 radical (unpaired) electrons. The number of benzene rings is 2. The summed E-state index contributed by atoms with van der Waals surface area (Å²) in [7, 11) is -3.89. The molecule has 0 heterocycles. The number of rotatable bonds is 5. The monoisotopic (exact) mass is 357 g/mol. The number of Topliss-reactive ketones (excluding diaryl/α,β-unsaturated/α-hetero) is 1. The predicted molar refractivity (Wildman–Crippen MR) is 81.9 cm³/mol. The summed E-state index contributed by atoms with van der Waals surface area (Å²) in [4.78, 5) is 11.1. The fourth-order valence-corrected chi connectivity index (χ4v) is 3.01. The van der Waals surface area contributed by atoms with Crippen molar-refractivity contribution in [3.8, 4) is 0 Å². The quantitative estimate of drug-likeness (QED) is 0.835. The van der Waals surface area contributed by atoms with E-state index >= 15 is 0 Å². The van der Waals surface area contributed by atoms with E-state index in [0.29, 0.717) is 5.56 Å². The van der Waals surface area contributed by atoms with Crippen LogP contribution in [0.1, 0.15) is 28.4 Å². The number of ketones is 1. The summed E-state index contributed by atoms with van der Waals surface area (Å²) in [6, 6.07) is 9.71. The molecule has 0 saturated heterocycles. The average molecular weight is 357 g/mol. The van der Waals surface area contributed by atoms with Gasteiger partial charge < -0.3 is 0 Å². The lowest BCUT2D eigenvalue weighted by Gasteiger charge is -2.10. The number of carbonyl (C=O) groups excluding carboxylic acids is 1. The van der Waals surface area contributed by atoms with Gasteiger partial charge in [-0.05, 0) is 30.7 Å². The molecule has 2 aromatic carbocycles. The Labute approximate surface area is 137 Å². The molecule has 24 heavy (non-hydrogen) atoms. The van der Waals surface area contributed by atoms with E-state index in [9.17, 15) is 26.4 Å². The molecule has 0 atom stereocenters. The van der Waals surface area contributed by atoms with Gasteiger partial charge in [-0.3, -0.25) is 4.79 Å². The Morgan fingerprint density at radius 2 is 1.71 bits per heavy atom. The number of sulfonamides is 1. The fourth-order valence-electron chi connectivity index (χ4n) is 1.99. The summed E-state index contributed by atoms with van der Waals surface area (Å²) < 4.78 is 64.5. The molecule has 128 valence electrons. The first-order valence-corrected chi connectivity index (χ1v) is 8.35. The van der Waals surface area contributed by atoms with Crippen LogP contribution < -0.4 is 4.72 Å². The van der Waals surface area contributed by atoms with Crippen molar-refractivity contribution in [1.29, 1.82) is 0 Å². The van der Waals surface area contributed by atoms with E-state index in [-0.39, 0.29) is 22.8 Å². The molecule has 4 nitrogen and oxygen atoms in total. The average Bonchev–Trinajstić information content (AvgIpc) is 2.52. The third kappa shape index (κ3) is 4.42. The Kier molecular flexibility index (Phi) is 5.10. The first-order chi connectivity index (χ1) is 11.1. The summed E-state index contributed by atoms with van der Waals surface area (Å²) in [5, 5.41) is 0. The number of hydrogen-bond donors (Lipinski definition) is 1. The highest BCUT2D eigenvalue weighted by atomic mass is 32.2. The van der Waals surface area contributed by atoms with Gasteiger partial charge in [-0.2, -0.15) is 13.2 Å². The highest BCUT2D eigenvalue weighted by molar-refractivity contribution is 7.89. The van der Waals surface area contributed by atoms with Crippen LogP contribution in [0.2, 0.25) is 0 Å². The maximum Gasteiger partial charge on any atom is 0.416 e. The predicted octanol–water partition coefficient (Wildman–Crippen LogP) is 3.39. The van der Waals surface area contributed by atoms with Crippen LogP contribution in [0.5, 0.6) is 0 Å². The van der Waals surface area contributed by atoms with Gasteiger partial charge in [-0.15, -0.1) is 0 Å². The molecule has 0 amide bonds. The van der Waals surface area contributed by atoms with Crippen molar-refractivity contribution in [3.05, 3.63) is 65.2 Å². The van der Waals surface area contributed by atoms with Gasteiger partial charge >= 0.3 is 6.18 Å². The molecule has 2 aromatic rings. The lowest BCUT2D eigenvalue weighted by Crippen LogP contribution is -2.23. The zero-order valence-corrected chi connectivity index (χ0v) is 13.4. The maximum absolute atomic E-state index is 12.6. The van der Waals surface area contributed by atoms with Crippen molar-refractivity contribution < 1.29 is 26.4 Å². The molecule has 1 N–H and O–H groups in total. The molecule has 0 aliphatic heterocycles. The topological polar surface area (TPSA) is 63.2 Å². The minimum absolute atomic E-state index is 0.0699. The van der Waals surface area contributed by atoms with E-state index in [0.717, 1.165) is 12.1 Å². The van der Waals surface area contributed by atoms with Crippen LogP contribution in [-0.2, 0) is 22.7 Å². The molecular formula is C16H14F3NO3S. The summed E-state index contributed by atoms with van der Waals surface area (Å²) in [6.07, 6.45) is -4.49. The standard InChI is InChI=1S/C16H14F3NO3S/c1-11(21)13-5-7-15(8-6-13)24(22,23)20-10-12-3-2-4-14(9-12)16(17,18)19/h2-9,20H,10H2,1H3. The van der Waals surface area contributed by atoms with Crippen LogP contribution in [0.15, 0.2) is 53.4 Å². The molecule has 2 rings (SSSR count). The van der Waals surface area contributed by atoms with Gasteiger partial charge in [0.15, 0.2) is 5.78 Å². The van der Waals surface area contributed by atoms with Crippen LogP contribution >= 0.6 is 0 Å². The largest absolute Gasteiger partial charge is 0.416 e. The van der Waals surface area contributed by atoms with Gasteiger partial charge in [0.05, 0.1) is 10.5 Å². The highest BCUT2D eigenvalue weighted by Crippen LogP contribution is 2.29. The lowest BCUT2D eigenvalue weighted by atomic mass is 10.1. The number of nitrogens with one attached hydrogen (secondary N) is 1. The van der Waals surface area contributed by atoms with Crippen molar-refractivity contribution in [1.82, 2.24) is 4.72 Å². The zero-order valence-electron chi connectivity index (χ0n) is 12.6. The van der Waals surface area contributed by atoms with Crippen LogP contribution in [0.3, 0.4) is 0 Å². The first-order valence-electron chi connectivity index (χ1n) is 6.86. The van der Waals surface area contributed by atoms with Gasteiger partial charge in [-0.1, -0.05) is 30.3 Å². The number of alkyl halides is 3. The number of hydrogen-bond acceptors (Lipinski definition) is 3. The highest BCUT2D eigenvalue weighted by Gasteiger charge is 2.30. The van der Waals surface area contributed by atoms with Crippen molar-refractivity contribution in [3.63, 3.8) is 0 Å². The normalized spacial score (nSPS) is 12.2. The minimum atomic E-state index is -4.49. The second-order valence-corrected chi connectivity index (χ2v) is 6.87. The molecular weight excluding hydrogens is 343 g/mol. The molecule has 0 aliphatic rings. The van der Waals surface area contributed by atoms with E-state index in [1.54, 1.807) is 0 Å². The first kappa shape index (κ1) is 18.2. The smallest absolute Gasteiger partial charge is 0.295 e. The molecule has 0 fully saturated rings. The van der Waals surface area contributed by atoms with Crippen LogP contribution in [0.4, 0.5) is 13.2 Å². The summed E-state index contributed by atoms with van der Waals surface area (Å²) in [6.45, 7) is 1.08. The number of halogens is 3. The molecule has 0 bridgehead atoms. The van der Waals surface area contributed by atoms with Crippen molar-refractivity contribution in [2.45, 2.75) is 24.5 Å². The third-order valence-corrected chi connectivity index (χ3v) is 4.71. The second-order valence-electron chi connectivity index (χ2n) is 5.10. The van der Waals surface area contributed by atoms with Gasteiger partial charge in [0.2, 0.25) is 10.0 Å². The summed E-state index contributed by atoms with van der Waals surface area (Å²) in [5.74, 6) is -0.198.